The molecule has 134 valence electrons. The van der Waals surface area contributed by atoms with Gasteiger partial charge in [0.2, 0.25) is 5.76 Å². The molecule has 3 aromatic rings. The highest BCUT2D eigenvalue weighted by molar-refractivity contribution is 5.98. The van der Waals surface area contributed by atoms with Crippen molar-refractivity contribution in [3.63, 3.8) is 0 Å². The number of hydrogen-bond donors (Lipinski definition) is 3. The van der Waals surface area contributed by atoms with Crippen LogP contribution in [0.15, 0.2) is 53.1 Å². The summed E-state index contributed by atoms with van der Waals surface area (Å²) in [5, 5.41) is 16.9. The molecule has 0 bridgehead atoms. The summed E-state index contributed by atoms with van der Waals surface area (Å²) in [6.07, 6.45) is 0.549. The van der Waals surface area contributed by atoms with Crippen molar-refractivity contribution < 1.29 is 24.1 Å². The number of rotatable bonds is 7. The van der Waals surface area contributed by atoms with Crippen LogP contribution in [-0.2, 0) is 0 Å². The van der Waals surface area contributed by atoms with Crippen molar-refractivity contribution in [1.82, 2.24) is 16.0 Å². The molecule has 0 aliphatic carbocycles. The number of benzene rings is 2. The number of aromatic nitrogens is 1. The maximum Gasteiger partial charge on any atom is 0.313 e. The van der Waals surface area contributed by atoms with E-state index in [2.05, 4.69) is 15.0 Å². The first-order valence-corrected chi connectivity index (χ1v) is 7.98. The lowest BCUT2D eigenvalue weighted by Gasteiger charge is -2.06. The van der Waals surface area contributed by atoms with E-state index < -0.39 is 5.91 Å². The topological polar surface area (TPSA) is 114 Å². The number of nitrogens with zero attached hydrogens (tertiary/aromatic N) is 1. The Morgan fingerprint density at radius 3 is 2.69 bits per heavy atom. The zero-order valence-electron chi connectivity index (χ0n) is 13.8. The van der Waals surface area contributed by atoms with Gasteiger partial charge in [0.25, 0.3) is 11.8 Å². The fourth-order valence-corrected chi connectivity index (χ4v) is 2.37. The van der Waals surface area contributed by atoms with Gasteiger partial charge in [-0.15, -0.1) is 0 Å². The van der Waals surface area contributed by atoms with Crippen molar-refractivity contribution >= 4 is 22.6 Å². The van der Waals surface area contributed by atoms with Gasteiger partial charge in [-0.2, -0.15) is 0 Å². The Morgan fingerprint density at radius 1 is 1.08 bits per heavy atom. The highest BCUT2D eigenvalue weighted by Crippen LogP contribution is 2.15. The van der Waals surface area contributed by atoms with Crippen LogP contribution in [0.1, 0.15) is 27.3 Å². The molecule has 0 fully saturated rings. The standard InChI is InChI=1S/C18H17N3O5/c22-17(14-7-6-12-4-1-2-5-13(12)10-14)19-8-3-9-25-16-11-15(26-21-16)18(23)20-24/h1-2,4-7,10-11,24H,3,8-9H2,(H,19,22)(H,20,23). The Morgan fingerprint density at radius 2 is 1.88 bits per heavy atom. The molecule has 0 atom stereocenters. The quantitative estimate of drug-likeness (QED) is 0.340. The molecule has 1 heterocycles. The Hall–Kier alpha value is -3.39. The second kappa shape index (κ2) is 8.13. The van der Waals surface area contributed by atoms with Gasteiger partial charge in [-0.05, 0) is 34.5 Å². The van der Waals surface area contributed by atoms with E-state index in [1.165, 1.54) is 11.5 Å². The molecular formula is C18H17N3O5. The van der Waals surface area contributed by atoms with Crippen LogP contribution in [0.25, 0.3) is 10.8 Å². The molecule has 3 N–H and O–H groups in total. The lowest BCUT2D eigenvalue weighted by Crippen LogP contribution is -2.25. The number of amides is 2. The zero-order chi connectivity index (χ0) is 18.4. The highest BCUT2D eigenvalue weighted by Gasteiger charge is 2.12. The number of carbonyl (C=O) groups excluding carboxylic acids is 2. The summed E-state index contributed by atoms with van der Waals surface area (Å²) < 4.78 is 10.00. The number of hydroxylamine groups is 1. The summed E-state index contributed by atoms with van der Waals surface area (Å²) in [6.45, 7) is 0.707. The highest BCUT2D eigenvalue weighted by atomic mass is 16.5. The van der Waals surface area contributed by atoms with Crippen molar-refractivity contribution in [2.45, 2.75) is 6.42 Å². The SMILES string of the molecule is O=C(NCCCOc1cc(C(=O)NO)on1)c1ccc2ccccc2c1. The molecule has 1 aromatic heterocycles. The maximum atomic E-state index is 12.2. The normalized spacial score (nSPS) is 10.5. The fourth-order valence-electron chi connectivity index (χ4n) is 2.37. The zero-order valence-corrected chi connectivity index (χ0v) is 13.8. The van der Waals surface area contributed by atoms with Crippen molar-refractivity contribution in [1.29, 1.82) is 0 Å². The first-order chi connectivity index (χ1) is 12.7. The lowest BCUT2D eigenvalue weighted by atomic mass is 10.1. The Bertz CT molecular complexity index is 922. The van der Waals surface area contributed by atoms with E-state index >= 15 is 0 Å². The van der Waals surface area contributed by atoms with Gasteiger partial charge in [-0.25, -0.2) is 5.48 Å². The van der Waals surface area contributed by atoms with E-state index in [1.54, 1.807) is 6.07 Å². The number of ether oxygens (including phenoxy) is 1. The van der Waals surface area contributed by atoms with Crippen molar-refractivity contribution in [3.8, 4) is 5.88 Å². The van der Waals surface area contributed by atoms with Crippen LogP contribution in [0.4, 0.5) is 0 Å². The van der Waals surface area contributed by atoms with Crippen LogP contribution >= 0.6 is 0 Å². The minimum Gasteiger partial charge on any atom is -0.475 e. The molecule has 3 rings (SSSR count). The summed E-state index contributed by atoms with van der Waals surface area (Å²) in [5.41, 5.74) is 2.03. The molecule has 0 saturated carbocycles. The van der Waals surface area contributed by atoms with E-state index in [-0.39, 0.29) is 24.2 Å². The van der Waals surface area contributed by atoms with Gasteiger partial charge in [0.15, 0.2) is 0 Å². The van der Waals surface area contributed by atoms with Crippen LogP contribution in [0, 0.1) is 0 Å². The van der Waals surface area contributed by atoms with E-state index in [0.717, 1.165) is 10.8 Å². The smallest absolute Gasteiger partial charge is 0.313 e. The van der Waals surface area contributed by atoms with Crippen molar-refractivity contribution in [3.05, 3.63) is 59.9 Å². The van der Waals surface area contributed by atoms with Crippen LogP contribution in [-0.4, -0.2) is 35.3 Å². The van der Waals surface area contributed by atoms with Gasteiger partial charge >= 0.3 is 5.91 Å². The Labute approximate surface area is 148 Å². The molecule has 0 saturated heterocycles. The number of hydrogen-bond acceptors (Lipinski definition) is 6. The van der Waals surface area contributed by atoms with Crippen molar-refractivity contribution in [2.24, 2.45) is 0 Å². The first kappa shape index (κ1) is 17.4. The third-order valence-corrected chi connectivity index (χ3v) is 3.68. The van der Waals surface area contributed by atoms with E-state index in [9.17, 15) is 9.59 Å². The molecule has 0 radical (unpaired) electrons. The second-order valence-electron chi connectivity index (χ2n) is 5.49. The number of carbonyl (C=O) groups is 2. The van der Waals surface area contributed by atoms with Gasteiger partial charge in [-0.1, -0.05) is 30.3 Å². The second-order valence-corrected chi connectivity index (χ2v) is 5.49. The molecule has 0 spiro atoms. The van der Waals surface area contributed by atoms with Crippen LogP contribution in [0.2, 0.25) is 0 Å². The molecular weight excluding hydrogens is 338 g/mol. The summed E-state index contributed by atoms with van der Waals surface area (Å²) in [5.74, 6) is -0.995. The Balaban J connectivity index is 1.43. The van der Waals surface area contributed by atoms with Crippen LogP contribution < -0.4 is 15.5 Å². The predicted octanol–water partition coefficient (Wildman–Crippen LogP) is 2.15. The molecule has 0 aliphatic heterocycles. The summed E-state index contributed by atoms with van der Waals surface area (Å²) in [7, 11) is 0. The third kappa shape index (κ3) is 4.17. The molecule has 8 nitrogen and oxygen atoms in total. The maximum absolute atomic E-state index is 12.2. The minimum absolute atomic E-state index is 0.129. The van der Waals surface area contributed by atoms with Crippen LogP contribution in [0.3, 0.4) is 0 Å². The molecule has 0 unspecified atom stereocenters. The predicted molar refractivity (Wildman–Crippen MR) is 92.1 cm³/mol. The monoisotopic (exact) mass is 355 g/mol. The average Bonchev–Trinajstić information content (AvgIpc) is 3.15. The van der Waals surface area contributed by atoms with Gasteiger partial charge in [0.1, 0.15) is 0 Å². The van der Waals surface area contributed by atoms with E-state index in [4.69, 9.17) is 9.94 Å². The number of fused-ring (bicyclic) bond motifs is 1. The minimum atomic E-state index is -0.810. The molecule has 0 aliphatic rings. The molecule has 26 heavy (non-hydrogen) atoms. The third-order valence-electron chi connectivity index (χ3n) is 3.68. The Kier molecular flexibility index (Phi) is 5.45. The van der Waals surface area contributed by atoms with Crippen LogP contribution in [0.5, 0.6) is 5.88 Å². The largest absolute Gasteiger partial charge is 0.475 e. The number of nitrogens with one attached hydrogen (secondary N) is 2. The summed E-state index contributed by atoms with van der Waals surface area (Å²) in [6, 6.07) is 14.7. The van der Waals surface area contributed by atoms with E-state index in [0.29, 0.717) is 18.5 Å². The van der Waals surface area contributed by atoms with Gasteiger partial charge in [-0.3, -0.25) is 14.8 Å². The summed E-state index contributed by atoms with van der Waals surface area (Å²) in [4.78, 5) is 23.3. The van der Waals surface area contributed by atoms with Crippen molar-refractivity contribution in [2.75, 3.05) is 13.2 Å². The van der Waals surface area contributed by atoms with Gasteiger partial charge in [0.05, 0.1) is 12.7 Å². The molecule has 2 aromatic carbocycles. The summed E-state index contributed by atoms with van der Waals surface area (Å²) >= 11 is 0. The van der Waals surface area contributed by atoms with Gasteiger partial charge < -0.3 is 14.6 Å². The van der Waals surface area contributed by atoms with Gasteiger partial charge in [0, 0.05) is 12.1 Å². The lowest BCUT2D eigenvalue weighted by molar-refractivity contribution is 0.0666. The average molecular weight is 355 g/mol. The molecule has 2 amide bonds. The fraction of sp³-hybridized carbons (Fsp3) is 0.167. The first-order valence-electron chi connectivity index (χ1n) is 7.98. The van der Waals surface area contributed by atoms with E-state index in [1.807, 2.05) is 36.4 Å². The molecule has 8 heteroatoms.